The average molecular weight is 235 g/mol. The molecule has 90 valence electrons. The molecule has 0 aliphatic heterocycles. The second-order valence-corrected chi connectivity index (χ2v) is 3.26. The van der Waals surface area contributed by atoms with Crippen LogP contribution in [0.5, 0.6) is 11.5 Å². The van der Waals surface area contributed by atoms with Crippen LogP contribution < -0.4 is 9.47 Å². The molecule has 0 aliphatic carbocycles. The van der Waals surface area contributed by atoms with Crippen LogP contribution in [0, 0.1) is 11.3 Å². The maximum absolute atomic E-state index is 11.2. The molecular weight excluding hydrogens is 222 g/mol. The fourth-order valence-electron chi connectivity index (χ4n) is 1.24. The number of nitriles is 1. The van der Waals surface area contributed by atoms with Crippen LogP contribution in [0.25, 0.3) is 0 Å². The Morgan fingerprint density at radius 3 is 2.59 bits per heavy atom. The van der Waals surface area contributed by atoms with Crippen LogP contribution >= 0.6 is 0 Å². The number of hydrogen-bond acceptors (Lipinski definition) is 5. The smallest absolute Gasteiger partial charge is 0.346 e. The number of carbonyl (C=O) groups excluding carboxylic acids is 1. The average Bonchev–Trinajstić information content (AvgIpc) is 2.37. The molecule has 1 unspecified atom stereocenters. The molecule has 0 fully saturated rings. The van der Waals surface area contributed by atoms with Gasteiger partial charge in [-0.2, -0.15) is 5.26 Å². The van der Waals surface area contributed by atoms with Gasteiger partial charge in [-0.05, 0) is 19.1 Å². The predicted molar refractivity (Wildman–Crippen MR) is 59.8 cm³/mol. The standard InChI is InChI=1S/C12H13NO4/c1-8(12(14)16-3)17-10-5-4-9(7-13)6-11(10)15-2/h4-6,8H,1-3H3. The van der Waals surface area contributed by atoms with E-state index in [1.165, 1.54) is 14.2 Å². The first-order valence-electron chi connectivity index (χ1n) is 4.95. The van der Waals surface area contributed by atoms with Crippen LogP contribution in [0.2, 0.25) is 0 Å². The molecular formula is C12H13NO4. The fourth-order valence-corrected chi connectivity index (χ4v) is 1.24. The largest absolute Gasteiger partial charge is 0.493 e. The molecule has 0 amide bonds. The number of methoxy groups -OCH3 is 2. The van der Waals surface area contributed by atoms with Gasteiger partial charge < -0.3 is 14.2 Å². The summed E-state index contributed by atoms with van der Waals surface area (Å²) >= 11 is 0. The molecule has 0 heterocycles. The molecule has 0 N–H and O–H groups in total. The lowest BCUT2D eigenvalue weighted by Crippen LogP contribution is -2.25. The van der Waals surface area contributed by atoms with Gasteiger partial charge in [-0.1, -0.05) is 0 Å². The van der Waals surface area contributed by atoms with Gasteiger partial charge in [0.2, 0.25) is 0 Å². The van der Waals surface area contributed by atoms with E-state index < -0.39 is 12.1 Å². The summed E-state index contributed by atoms with van der Waals surface area (Å²) < 4.78 is 15.0. The maximum atomic E-state index is 11.2. The lowest BCUT2D eigenvalue weighted by molar-refractivity contribution is -0.147. The molecule has 5 heteroatoms. The molecule has 5 nitrogen and oxygen atoms in total. The third-order valence-electron chi connectivity index (χ3n) is 2.13. The van der Waals surface area contributed by atoms with E-state index in [2.05, 4.69) is 4.74 Å². The van der Waals surface area contributed by atoms with Crippen molar-refractivity contribution >= 4 is 5.97 Å². The zero-order valence-electron chi connectivity index (χ0n) is 9.89. The molecule has 0 aromatic heterocycles. The highest BCUT2D eigenvalue weighted by Gasteiger charge is 2.17. The first kappa shape index (κ1) is 12.8. The molecule has 0 bridgehead atoms. The number of rotatable bonds is 4. The summed E-state index contributed by atoms with van der Waals surface area (Å²) in [6.07, 6.45) is -0.734. The van der Waals surface area contributed by atoms with Gasteiger partial charge >= 0.3 is 5.97 Å². The number of carbonyl (C=O) groups is 1. The van der Waals surface area contributed by atoms with Crippen LogP contribution in [-0.4, -0.2) is 26.3 Å². The van der Waals surface area contributed by atoms with Gasteiger partial charge in [0.25, 0.3) is 0 Å². The molecule has 0 aliphatic rings. The third kappa shape index (κ3) is 3.11. The van der Waals surface area contributed by atoms with Crippen molar-refractivity contribution in [1.29, 1.82) is 5.26 Å². The number of hydrogen-bond donors (Lipinski definition) is 0. The van der Waals surface area contributed by atoms with Crippen LogP contribution in [0.15, 0.2) is 18.2 Å². The molecule has 0 saturated carbocycles. The monoisotopic (exact) mass is 235 g/mol. The molecule has 0 spiro atoms. The summed E-state index contributed by atoms with van der Waals surface area (Å²) in [5, 5.41) is 8.74. The minimum atomic E-state index is -0.734. The Kier molecular flexibility index (Phi) is 4.35. The maximum Gasteiger partial charge on any atom is 0.346 e. The Hall–Kier alpha value is -2.22. The highest BCUT2D eigenvalue weighted by Crippen LogP contribution is 2.28. The van der Waals surface area contributed by atoms with E-state index in [1.54, 1.807) is 25.1 Å². The number of nitrogens with zero attached hydrogens (tertiary/aromatic N) is 1. The lowest BCUT2D eigenvalue weighted by Gasteiger charge is -2.14. The minimum absolute atomic E-state index is 0.393. The van der Waals surface area contributed by atoms with Gasteiger partial charge in [-0.3, -0.25) is 0 Å². The Labute approximate surface area is 99.5 Å². The molecule has 1 atom stereocenters. The summed E-state index contributed by atoms with van der Waals surface area (Å²) in [6.45, 7) is 1.57. The van der Waals surface area contributed by atoms with E-state index in [4.69, 9.17) is 14.7 Å². The van der Waals surface area contributed by atoms with Gasteiger partial charge in [0, 0.05) is 6.07 Å². The van der Waals surface area contributed by atoms with Crippen LogP contribution in [0.1, 0.15) is 12.5 Å². The van der Waals surface area contributed by atoms with Crippen molar-refractivity contribution in [3.63, 3.8) is 0 Å². The Morgan fingerprint density at radius 2 is 2.06 bits per heavy atom. The Morgan fingerprint density at radius 1 is 1.35 bits per heavy atom. The van der Waals surface area contributed by atoms with E-state index in [-0.39, 0.29) is 0 Å². The van der Waals surface area contributed by atoms with Crippen molar-refractivity contribution in [1.82, 2.24) is 0 Å². The second-order valence-electron chi connectivity index (χ2n) is 3.26. The van der Waals surface area contributed by atoms with Gasteiger partial charge in [0.1, 0.15) is 0 Å². The Balaban J connectivity index is 2.91. The van der Waals surface area contributed by atoms with Crippen LogP contribution in [0.4, 0.5) is 0 Å². The van der Waals surface area contributed by atoms with Gasteiger partial charge in [-0.25, -0.2) is 4.79 Å². The zero-order valence-corrected chi connectivity index (χ0v) is 9.89. The van der Waals surface area contributed by atoms with Crippen molar-refractivity contribution in [3.8, 4) is 17.6 Å². The number of esters is 1. The van der Waals surface area contributed by atoms with Gasteiger partial charge in [-0.15, -0.1) is 0 Å². The first-order valence-corrected chi connectivity index (χ1v) is 4.95. The normalized spacial score (nSPS) is 11.2. The second kappa shape index (κ2) is 5.75. The van der Waals surface area contributed by atoms with Crippen molar-refractivity contribution in [3.05, 3.63) is 23.8 Å². The lowest BCUT2D eigenvalue weighted by atomic mass is 10.2. The Bertz CT molecular complexity index is 450. The minimum Gasteiger partial charge on any atom is -0.493 e. The van der Waals surface area contributed by atoms with E-state index in [1.807, 2.05) is 6.07 Å². The first-order chi connectivity index (χ1) is 8.12. The van der Waals surface area contributed by atoms with Crippen molar-refractivity contribution in [2.75, 3.05) is 14.2 Å². The molecule has 0 saturated heterocycles. The predicted octanol–water partition coefficient (Wildman–Crippen LogP) is 1.51. The molecule has 0 radical (unpaired) electrons. The van der Waals surface area contributed by atoms with Crippen LogP contribution in [-0.2, 0) is 9.53 Å². The number of ether oxygens (including phenoxy) is 3. The summed E-state index contributed by atoms with van der Waals surface area (Å²) in [5.41, 5.74) is 0.458. The van der Waals surface area contributed by atoms with E-state index >= 15 is 0 Å². The SMILES string of the molecule is COC(=O)C(C)Oc1ccc(C#N)cc1OC. The topological polar surface area (TPSA) is 68.5 Å². The highest BCUT2D eigenvalue weighted by atomic mass is 16.6. The summed E-state index contributed by atoms with van der Waals surface area (Å²) in [7, 11) is 2.75. The molecule has 1 aromatic carbocycles. The van der Waals surface area contributed by atoms with E-state index in [9.17, 15) is 4.79 Å². The zero-order chi connectivity index (χ0) is 12.8. The highest BCUT2D eigenvalue weighted by molar-refractivity contribution is 5.74. The summed E-state index contributed by atoms with van der Waals surface area (Å²) in [4.78, 5) is 11.2. The van der Waals surface area contributed by atoms with Crippen molar-refractivity contribution in [2.45, 2.75) is 13.0 Å². The molecule has 1 aromatic rings. The fraction of sp³-hybridized carbons (Fsp3) is 0.333. The molecule has 17 heavy (non-hydrogen) atoms. The van der Waals surface area contributed by atoms with Crippen LogP contribution in [0.3, 0.4) is 0 Å². The summed E-state index contributed by atoms with van der Waals surface area (Å²) in [5.74, 6) is 0.320. The van der Waals surface area contributed by atoms with Gasteiger partial charge in [0.15, 0.2) is 17.6 Å². The van der Waals surface area contributed by atoms with Crippen molar-refractivity contribution < 1.29 is 19.0 Å². The third-order valence-corrected chi connectivity index (χ3v) is 2.13. The summed E-state index contributed by atoms with van der Waals surface area (Å²) in [6, 6.07) is 6.70. The molecule has 1 rings (SSSR count). The van der Waals surface area contributed by atoms with E-state index in [0.717, 1.165) is 0 Å². The quantitative estimate of drug-likeness (QED) is 0.740. The van der Waals surface area contributed by atoms with Crippen molar-refractivity contribution in [2.24, 2.45) is 0 Å². The number of benzene rings is 1. The van der Waals surface area contributed by atoms with E-state index in [0.29, 0.717) is 17.1 Å². The van der Waals surface area contributed by atoms with Gasteiger partial charge in [0.05, 0.1) is 25.9 Å².